The van der Waals surface area contributed by atoms with Gasteiger partial charge in [0.05, 0.1) is 12.3 Å². The van der Waals surface area contributed by atoms with Crippen LogP contribution < -0.4 is 5.32 Å². The van der Waals surface area contributed by atoms with Gasteiger partial charge in [-0.25, -0.2) is 0 Å². The molecule has 1 amide bonds. The fourth-order valence-electron chi connectivity index (χ4n) is 4.02. The predicted octanol–water partition coefficient (Wildman–Crippen LogP) is 2.28. The highest BCUT2D eigenvalue weighted by atomic mass is 19.4. The molecule has 3 aliphatic rings. The van der Waals surface area contributed by atoms with Crippen LogP contribution in [0, 0.1) is 11.8 Å². The molecule has 0 saturated heterocycles. The van der Waals surface area contributed by atoms with E-state index in [9.17, 15) is 23.1 Å². The summed E-state index contributed by atoms with van der Waals surface area (Å²) in [5, 5.41) is 12.0. The maximum atomic E-state index is 13.4. The summed E-state index contributed by atoms with van der Waals surface area (Å²) in [6, 6.07) is -0.400. The standard InChI is InChI=1S/C15H19F3N2O2/c1-2-8-3-4-9-10-5-13(22)19-14(10)11(15(16,17)18)6-12(9)20(8)7-21/h3,9,11-12,21H,2,4-7H2,1H3,(H,19,22). The maximum Gasteiger partial charge on any atom is 0.397 e. The Hall–Kier alpha value is -1.50. The number of carbonyl (C=O) groups excluding carboxylic acids is 1. The van der Waals surface area contributed by atoms with Crippen molar-refractivity contribution in [2.24, 2.45) is 11.8 Å². The molecule has 2 heterocycles. The molecule has 0 bridgehead atoms. The zero-order chi connectivity index (χ0) is 16.1. The number of alkyl halides is 3. The van der Waals surface area contributed by atoms with Gasteiger partial charge in [0.25, 0.3) is 0 Å². The molecule has 0 aromatic carbocycles. The average Bonchev–Trinajstić information content (AvgIpc) is 2.85. The van der Waals surface area contributed by atoms with E-state index < -0.39 is 18.1 Å². The Labute approximate surface area is 126 Å². The second-order valence-electron chi connectivity index (χ2n) is 6.06. The summed E-state index contributed by atoms with van der Waals surface area (Å²) in [5.74, 6) is -2.14. The first-order valence-electron chi connectivity index (χ1n) is 7.52. The number of hydrogen-bond donors (Lipinski definition) is 2. The molecule has 2 N–H and O–H groups in total. The zero-order valence-electron chi connectivity index (χ0n) is 12.3. The van der Waals surface area contributed by atoms with Crippen LogP contribution in [0.3, 0.4) is 0 Å². The van der Waals surface area contributed by atoms with Gasteiger partial charge in [-0.3, -0.25) is 4.79 Å². The summed E-state index contributed by atoms with van der Waals surface area (Å²) >= 11 is 0. The molecule has 3 atom stereocenters. The van der Waals surface area contributed by atoms with Gasteiger partial charge in [-0.1, -0.05) is 13.0 Å². The fraction of sp³-hybridized carbons (Fsp3) is 0.667. The van der Waals surface area contributed by atoms with Crippen molar-refractivity contribution in [1.29, 1.82) is 0 Å². The molecule has 122 valence electrons. The van der Waals surface area contributed by atoms with Gasteiger partial charge in [-0.05, 0) is 24.8 Å². The van der Waals surface area contributed by atoms with Gasteiger partial charge in [0.15, 0.2) is 0 Å². The number of rotatable bonds is 2. The Morgan fingerprint density at radius 1 is 1.45 bits per heavy atom. The fourth-order valence-corrected chi connectivity index (χ4v) is 4.02. The lowest BCUT2D eigenvalue weighted by molar-refractivity contribution is -0.174. The molecule has 3 unspecified atom stereocenters. The van der Waals surface area contributed by atoms with Gasteiger partial charge in [-0.15, -0.1) is 0 Å². The Balaban J connectivity index is 2.02. The van der Waals surface area contributed by atoms with Crippen LogP contribution in [0.15, 0.2) is 23.0 Å². The van der Waals surface area contributed by atoms with E-state index in [1.807, 2.05) is 13.0 Å². The van der Waals surface area contributed by atoms with Gasteiger partial charge < -0.3 is 15.3 Å². The Kier molecular flexibility index (Phi) is 3.71. The van der Waals surface area contributed by atoms with Crippen molar-refractivity contribution >= 4 is 5.91 Å². The molecule has 7 heteroatoms. The van der Waals surface area contributed by atoms with E-state index in [0.29, 0.717) is 18.4 Å². The monoisotopic (exact) mass is 316 g/mol. The normalized spacial score (nSPS) is 31.7. The molecule has 0 spiro atoms. The highest BCUT2D eigenvalue weighted by Crippen LogP contribution is 2.49. The second kappa shape index (κ2) is 5.30. The van der Waals surface area contributed by atoms with Crippen LogP contribution in [0.2, 0.25) is 0 Å². The number of fused-ring (bicyclic) bond motifs is 2. The van der Waals surface area contributed by atoms with E-state index in [1.165, 1.54) is 0 Å². The predicted molar refractivity (Wildman–Crippen MR) is 73.1 cm³/mol. The highest BCUT2D eigenvalue weighted by Gasteiger charge is 2.53. The molecule has 2 aliphatic heterocycles. The number of nitrogens with one attached hydrogen (secondary N) is 1. The van der Waals surface area contributed by atoms with Crippen LogP contribution in [-0.2, 0) is 4.79 Å². The zero-order valence-corrected chi connectivity index (χ0v) is 12.3. The van der Waals surface area contributed by atoms with E-state index in [2.05, 4.69) is 5.32 Å². The summed E-state index contributed by atoms with van der Waals surface area (Å²) in [6.45, 7) is 1.62. The second-order valence-corrected chi connectivity index (χ2v) is 6.06. The number of aliphatic hydroxyl groups excluding tert-OH is 1. The number of amides is 1. The average molecular weight is 316 g/mol. The van der Waals surface area contributed by atoms with Crippen molar-refractivity contribution < 1.29 is 23.1 Å². The van der Waals surface area contributed by atoms with E-state index in [4.69, 9.17) is 0 Å². The minimum absolute atomic E-state index is 0.0393. The van der Waals surface area contributed by atoms with Crippen LogP contribution in [0.5, 0.6) is 0 Å². The lowest BCUT2D eigenvalue weighted by Gasteiger charge is -2.47. The topological polar surface area (TPSA) is 52.6 Å². The molecule has 22 heavy (non-hydrogen) atoms. The number of halogens is 3. The largest absolute Gasteiger partial charge is 0.397 e. The van der Waals surface area contributed by atoms with Crippen LogP contribution >= 0.6 is 0 Å². The van der Waals surface area contributed by atoms with E-state index >= 15 is 0 Å². The van der Waals surface area contributed by atoms with E-state index in [0.717, 1.165) is 5.70 Å². The lowest BCUT2D eigenvalue weighted by atomic mass is 9.72. The summed E-state index contributed by atoms with van der Waals surface area (Å²) in [7, 11) is 0. The van der Waals surface area contributed by atoms with E-state index in [1.54, 1.807) is 4.90 Å². The summed E-state index contributed by atoms with van der Waals surface area (Å²) in [6.07, 6.45) is -1.20. The minimum Gasteiger partial charge on any atom is -0.376 e. The quantitative estimate of drug-likeness (QED) is 0.822. The lowest BCUT2D eigenvalue weighted by Crippen LogP contribution is -2.50. The van der Waals surface area contributed by atoms with Crippen LogP contribution in [0.25, 0.3) is 0 Å². The van der Waals surface area contributed by atoms with Crippen LogP contribution in [0.1, 0.15) is 32.6 Å². The van der Waals surface area contributed by atoms with Crippen molar-refractivity contribution in [2.45, 2.75) is 44.8 Å². The van der Waals surface area contributed by atoms with Crippen LogP contribution in [0.4, 0.5) is 13.2 Å². The number of nitrogens with zero attached hydrogens (tertiary/aromatic N) is 1. The van der Waals surface area contributed by atoms with Crippen molar-refractivity contribution in [2.75, 3.05) is 6.73 Å². The molecular weight excluding hydrogens is 297 g/mol. The number of aliphatic hydroxyl groups is 1. The van der Waals surface area contributed by atoms with Crippen molar-refractivity contribution in [1.82, 2.24) is 10.2 Å². The summed E-state index contributed by atoms with van der Waals surface area (Å²) < 4.78 is 40.2. The number of hydrogen-bond acceptors (Lipinski definition) is 3. The Bertz CT molecular complexity index is 553. The minimum atomic E-state index is -4.39. The first-order valence-corrected chi connectivity index (χ1v) is 7.52. The molecule has 0 aromatic rings. The summed E-state index contributed by atoms with van der Waals surface area (Å²) in [4.78, 5) is 13.3. The van der Waals surface area contributed by atoms with Crippen molar-refractivity contribution in [3.05, 3.63) is 23.0 Å². The van der Waals surface area contributed by atoms with Gasteiger partial charge in [-0.2, -0.15) is 13.2 Å². The third-order valence-electron chi connectivity index (χ3n) is 5.00. The summed E-state index contributed by atoms with van der Waals surface area (Å²) in [5.41, 5.74) is 1.52. The SMILES string of the molecule is CCC1=CCC2C3=C(NC(=O)C3)C(C(F)(F)F)CC2N1CO. The Morgan fingerprint density at radius 2 is 2.18 bits per heavy atom. The number of allylic oxidation sites excluding steroid dienone is 3. The molecule has 0 saturated carbocycles. The maximum absolute atomic E-state index is 13.4. The van der Waals surface area contributed by atoms with E-state index in [-0.39, 0.29) is 37.1 Å². The highest BCUT2D eigenvalue weighted by molar-refractivity contribution is 5.84. The third kappa shape index (κ3) is 2.31. The van der Waals surface area contributed by atoms with Crippen LogP contribution in [-0.4, -0.2) is 34.9 Å². The van der Waals surface area contributed by atoms with Crippen molar-refractivity contribution in [3.63, 3.8) is 0 Å². The molecule has 0 aromatic heterocycles. The van der Waals surface area contributed by atoms with Gasteiger partial charge >= 0.3 is 6.18 Å². The third-order valence-corrected chi connectivity index (χ3v) is 5.00. The van der Waals surface area contributed by atoms with Gasteiger partial charge in [0.1, 0.15) is 6.73 Å². The molecule has 0 radical (unpaired) electrons. The Morgan fingerprint density at radius 3 is 2.77 bits per heavy atom. The molecule has 1 aliphatic carbocycles. The number of carbonyl (C=O) groups is 1. The molecule has 0 fully saturated rings. The van der Waals surface area contributed by atoms with Crippen molar-refractivity contribution in [3.8, 4) is 0 Å². The first kappa shape index (κ1) is 15.4. The first-order chi connectivity index (χ1) is 10.4. The van der Waals surface area contributed by atoms with Gasteiger partial charge in [0.2, 0.25) is 5.91 Å². The van der Waals surface area contributed by atoms with Gasteiger partial charge in [0, 0.05) is 23.4 Å². The molecular formula is C15H19F3N2O2. The molecule has 3 rings (SSSR count). The smallest absolute Gasteiger partial charge is 0.376 e. The molecule has 4 nitrogen and oxygen atoms in total.